The molecule has 0 nitrogen and oxygen atoms in total. The van der Waals surface area contributed by atoms with Gasteiger partial charge in [0, 0.05) is 0 Å². The summed E-state index contributed by atoms with van der Waals surface area (Å²) in [6.07, 6.45) is 0. The molecular formula is C34H38. The summed E-state index contributed by atoms with van der Waals surface area (Å²) in [4.78, 5) is 0. The lowest BCUT2D eigenvalue weighted by Crippen LogP contribution is -2.34. The van der Waals surface area contributed by atoms with Crippen LogP contribution in [0.15, 0.2) is 103 Å². The van der Waals surface area contributed by atoms with Gasteiger partial charge in [0.2, 0.25) is 0 Å². The van der Waals surface area contributed by atoms with Crippen LogP contribution in [-0.4, -0.2) is 0 Å². The van der Waals surface area contributed by atoms with Gasteiger partial charge in [0.05, 0.1) is 5.41 Å². The van der Waals surface area contributed by atoms with E-state index < -0.39 is 5.41 Å². The highest BCUT2D eigenvalue weighted by atomic mass is 14.4. The lowest BCUT2D eigenvalue weighted by atomic mass is 9.61. The van der Waals surface area contributed by atoms with Crippen molar-refractivity contribution in [2.24, 2.45) is 0 Å². The molecule has 0 heterocycles. The molecule has 0 spiro atoms. The monoisotopic (exact) mass is 446 g/mol. The van der Waals surface area contributed by atoms with Crippen LogP contribution in [0, 0.1) is 0 Å². The van der Waals surface area contributed by atoms with Crippen molar-refractivity contribution >= 4 is 0 Å². The first-order chi connectivity index (χ1) is 16.4. The number of hydrogen-bond acceptors (Lipinski definition) is 0. The zero-order valence-corrected chi connectivity index (χ0v) is 21.5. The third kappa shape index (κ3) is 4.23. The molecule has 0 N–H and O–H groups in total. The van der Waals surface area contributed by atoms with Crippen molar-refractivity contribution in [3.05, 3.63) is 142 Å². The lowest BCUT2D eigenvalue weighted by molar-refractivity contribution is 0.680. The Hall–Kier alpha value is -3.12. The largest absolute Gasteiger partial charge is 0.0707 e. The molecule has 0 atom stereocenters. The second-order valence-corrected chi connectivity index (χ2v) is 10.4. The van der Waals surface area contributed by atoms with E-state index in [0.717, 1.165) is 0 Å². The average Bonchev–Trinajstić information content (AvgIpc) is 2.86. The van der Waals surface area contributed by atoms with Crippen LogP contribution in [0.5, 0.6) is 0 Å². The topological polar surface area (TPSA) is 0 Å². The van der Waals surface area contributed by atoms with Crippen LogP contribution < -0.4 is 0 Å². The summed E-state index contributed by atoms with van der Waals surface area (Å²) < 4.78 is 0. The average molecular weight is 447 g/mol. The number of benzene rings is 4. The summed E-state index contributed by atoms with van der Waals surface area (Å²) in [6, 6.07) is 38.3. The van der Waals surface area contributed by atoms with Gasteiger partial charge in [-0.05, 0) is 56.7 Å². The Bertz CT molecular complexity index is 1070. The van der Waals surface area contributed by atoms with Gasteiger partial charge < -0.3 is 0 Å². The highest BCUT2D eigenvalue weighted by Crippen LogP contribution is 2.50. The molecular weight excluding hydrogens is 408 g/mol. The normalized spacial score (nSPS) is 12.0. The first-order valence-corrected chi connectivity index (χ1v) is 12.7. The van der Waals surface area contributed by atoms with Gasteiger partial charge in [0.25, 0.3) is 0 Å². The molecule has 0 amide bonds. The summed E-state index contributed by atoms with van der Waals surface area (Å²) in [5.74, 6) is 1.30. The van der Waals surface area contributed by atoms with E-state index >= 15 is 0 Å². The highest BCUT2D eigenvalue weighted by Gasteiger charge is 2.42. The molecule has 0 aliphatic heterocycles. The summed E-state index contributed by atoms with van der Waals surface area (Å²) in [5, 5.41) is 0. The fourth-order valence-corrected chi connectivity index (χ4v) is 5.39. The van der Waals surface area contributed by atoms with Crippen LogP contribution in [0.3, 0.4) is 0 Å². The second-order valence-electron chi connectivity index (χ2n) is 10.4. The molecule has 0 aliphatic carbocycles. The SMILES string of the molecule is CC(C)c1cc(C(C)C)c(C(c2ccccc2)(c2ccccc2)c2ccccc2)c(C(C)C)c1. The van der Waals surface area contributed by atoms with Gasteiger partial charge in [-0.2, -0.15) is 0 Å². The predicted molar refractivity (Wildman–Crippen MR) is 147 cm³/mol. The zero-order valence-electron chi connectivity index (χ0n) is 21.5. The molecule has 0 aromatic heterocycles. The molecule has 174 valence electrons. The van der Waals surface area contributed by atoms with Crippen molar-refractivity contribution in [2.75, 3.05) is 0 Å². The van der Waals surface area contributed by atoms with Crippen molar-refractivity contribution < 1.29 is 0 Å². The summed E-state index contributed by atoms with van der Waals surface area (Å²) in [7, 11) is 0. The van der Waals surface area contributed by atoms with E-state index in [1.807, 2.05) is 0 Å². The molecule has 0 radical (unpaired) electrons. The van der Waals surface area contributed by atoms with E-state index in [0.29, 0.717) is 17.8 Å². The van der Waals surface area contributed by atoms with E-state index in [-0.39, 0.29) is 0 Å². The van der Waals surface area contributed by atoms with Gasteiger partial charge >= 0.3 is 0 Å². The van der Waals surface area contributed by atoms with Crippen LogP contribution in [0.25, 0.3) is 0 Å². The van der Waals surface area contributed by atoms with Crippen molar-refractivity contribution in [1.82, 2.24) is 0 Å². The minimum Gasteiger partial charge on any atom is -0.0622 e. The maximum Gasteiger partial charge on any atom is 0.0707 e. The van der Waals surface area contributed by atoms with Crippen molar-refractivity contribution in [3.8, 4) is 0 Å². The number of rotatable bonds is 7. The Morgan fingerprint density at radius 2 is 0.765 bits per heavy atom. The van der Waals surface area contributed by atoms with Crippen LogP contribution in [-0.2, 0) is 5.41 Å². The van der Waals surface area contributed by atoms with Gasteiger partial charge in [0.15, 0.2) is 0 Å². The van der Waals surface area contributed by atoms with Crippen molar-refractivity contribution in [3.63, 3.8) is 0 Å². The highest BCUT2D eigenvalue weighted by molar-refractivity contribution is 5.65. The smallest absolute Gasteiger partial charge is 0.0622 e. The van der Waals surface area contributed by atoms with Crippen LogP contribution in [0.1, 0.15) is 98.2 Å². The molecule has 0 heteroatoms. The van der Waals surface area contributed by atoms with E-state index in [2.05, 4.69) is 145 Å². The van der Waals surface area contributed by atoms with E-state index in [1.54, 1.807) is 0 Å². The number of hydrogen-bond donors (Lipinski definition) is 0. The van der Waals surface area contributed by atoms with Crippen molar-refractivity contribution in [1.29, 1.82) is 0 Å². The maximum absolute atomic E-state index is 2.49. The van der Waals surface area contributed by atoms with Gasteiger partial charge in [0.1, 0.15) is 0 Å². The fourth-order valence-electron chi connectivity index (χ4n) is 5.39. The molecule has 0 fully saturated rings. The molecule has 4 aromatic carbocycles. The first-order valence-electron chi connectivity index (χ1n) is 12.7. The molecule has 0 aliphatic rings. The van der Waals surface area contributed by atoms with Gasteiger partial charge in [-0.25, -0.2) is 0 Å². The van der Waals surface area contributed by atoms with Crippen LogP contribution in [0.4, 0.5) is 0 Å². The van der Waals surface area contributed by atoms with Crippen LogP contribution in [0.2, 0.25) is 0 Å². The Balaban J connectivity index is 2.28. The zero-order chi connectivity index (χ0) is 24.3. The Morgan fingerprint density at radius 3 is 1.03 bits per heavy atom. The van der Waals surface area contributed by atoms with E-state index in [4.69, 9.17) is 0 Å². The molecule has 0 saturated heterocycles. The predicted octanol–water partition coefficient (Wildman–Crippen LogP) is 9.44. The minimum absolute atomic E-state index is 0.404. The summed E-state index contributed by atoms with van der Waals surface area (Å²) >= 11 is 0. The van der Waals surface area contributed by atoms with E-state index in [1.165, 1.54) is 38.9 Å². The molecule has 34 heavy (non-hydrogen) atoms. The molecule has 0 unspecified atom stereocenters. The first kappa shape index (κ1) is 24.0. The fraction of sp³-hybridized carbons (Fsp3) is 0.294. The summed E-state index contributed by atoms with van der Waals surface area (Å²) in [5.41, 5.74) is 9.32. The van der Waals surface area contributed by atoms with Gasteiger partial charge in [-0.3, -0.25) is 0 Å². The Kier molecular flexibility index (Phi) is 7.08. The quantitative estimate of drug-likeness (QED) is 0.248. The van der Waals surface area contributed by atoms with Crippen LogP contribution >= 0.6 is 0 Å². The van der Waals surface area contributed by atoms with Gasteiger partial charge in [-0.15, -0.1) is 0 Å². The molecule has 4 rings (SSSR count). The lowest BCUT2D eigenvalue weighted by Gasteiger charge is -2.41. The second kappa shape index (κ2) is 10.0. The van der Waals surface area contributed by atoms with Crippen molar-refractivity contribution in [2.45, 2.75) is 64.7 Å². The third-order valence-corrected chi connectivity index (χ3v) is 7.13. The van der Waals surface area contributed by atoms with E-state index in [9.17, 15) is 0 Å². The summed E-state index contributed by atoms with van der Waals surface area (Å²) in [6.45, 7) is 14.0. The third-order valence-electron chi connectivity index (χ3n) is 7.13. The van der Waals surface area contributed by atoms with Gasteiger partial charge in [-0.1, -0.05) is 145 Å². The molecule has 0 saturated carbocycles. The Labute approximate surface area is 206 Å². The molecule has 0 bridgehead atoms. The maximum atomic E-state index is 2.49. The molecule has 4 aromatic rings. The standard InChI is InChI=1S/C34H38/c1-24(2)27-22-31(25(3)4)33(32(23-27)26(5)6)34(28-16-10-7-11-17-28,29-18-12-8-13-19-29)30-20-14-9-15-21-30/h7-26H,1-6H3. The minimum atomic E-state index is -0.404. The Morgan fingerprint density at radius 1 is 0.441 bits per heavy atom.